The standard InChI is InChI=1S/C27H29N3O5/c1-3-34-21-12-11-20(17-22(21)35-4-2)24-23(25(31)19-9-6-5-7-10-19)26(32)27(33)30(24)15-8-14-29-16-13-28-18-29/h5-7,9-13,16-18,24,31H,3-4,8,14-15H2,1-2H3. The Kier molecular flexibility index (Phi) is 7.50. The summed E-state index contributed by atoms with van der Waals surface area (Å²) in [5.41, 5.74) is 1.21. The zero-order valence-corrected chi connectivity index (χ0v) is 19.9. The van der Waals surface area contributed by atoms with Gasteiger partial charge in [-0.1, -0.05) is 36.4 Å². The molecular formula is C27H29N3O5. The van der Waals surface area contributed by atoms with Gasteiger partial charge in [-0.05, 0) is 38.0 Å². The first-order chi connectivity index (χ1) is 17.0. The summed E-state index contributed by atoms with van der Waals surface area (Å²) in [5, 5.41) is 11.2. The number of ether oxygens (including phenoxy) is 2. The molecule has 4 rings (SSSR count). The topological polar surface area (TPSA) is 93.9 Å². The molecule has 1 unspecified atom stereocenters. The number of amides is 1. The van der Waals surface area contributed by atoms with Crippen molar-refractivity contribution in [1.29, 1.82) is 0 Å². The summed E-state index contributed by atoms with van der Waals surface area (Å²) in [7, 11) is 0. The molecule has 0 saturated carbocycles. The first-order valence-corrected chi connectivity index (χ1v) is 11.7. The van der Waals surface area contributed by atoms with Gasteiger partial charge in [-0.15, -0.1) is 0 Å². The second-order valence-corrected chi connectivity index (χ2v) is 8.08. The number of imidazole rings is 1. The number of Topliss-reactive ketones (excluding diaryl/α,β-unsaturated/α-hetero) is 1. The van der Waals surface area contributed by atoms with E-state index in [9.17, 15) is 14.7 Å². The Bertz CT molecular complexity index is 1200. The Hall–Kier alpha value is -4.07. The van der Waals surface area contributed by atoms with E-state index in [2.05, 4.69) is 4.98 Å². The molecular weight excluding hydrogens is 446 g/mol. The molecule has 1 aliphatic heterocycles. The van der Waals surface area contributed by atoms with E-state index >= 15 is 0 Å². The van der Waals surface area contributed by atoms with Crippen molar-refractivity contribution in [3.8, 4) is 11.5 Å². The minimum absolute atomic E-state index is 0.0652. The van der Waals surface area contributed by atoms with Crippen molar-refractivity contribution in [1.82, 2.24) is 14.5 Å². The normalized spacial score (nSPS) is 17.1. The molecule has 2 aromatic carbocycles. The van der Waals surface area contributed by atoms with Gasteiger partial charge in [-0.25, -0.2) is 4.98 Å². The number of hydrogen-bond donors (Lipinski definition) is 1. The number of carbonyl (C=O) groups is 2. The van der Waals surface area contributed by atoms with Gasteiger partial charge in [-0.2, -0.15) is 0 Å². The van der Waals surface area contributed by atoms with Gasteiger partial charge in [0.15, 0.2) is 11.5 Å². The fraction of sp³-hybridized carbons (Fsp3) is 0.296. The number of aromatic nitrogens is 2. The van der Waals surface area contributed by atoms with Crippen molar-refractivity contribution < 1.29 is 24.2 Å². The van der Waals surface area contributed by atoms with Gasteiger partial charge in [0.1, 0.15) is 5.76 Å². The van der Waals surface area contributed by atoms with Crippen LogP contribution in [0.15, 0.2) is 72.8 Å². The van der Waals surface area contributed by atoms with Gasteiger partial charge in [0.05, 0.1) is 31.2 Å². The minimum atomic E-state index is -0.757. The Morgan fingerprint density at radius 3 is 2.43 bits per heavy atom. The van der Waals surface area contributed by atoms with E-state index in [1.54, 1.807) is 48.9 Å². The molecule has 0 spiro atoms. The zero-order valence-electron chi connectivity index (χ0n) is 19.9. The minimum Gasteiger partial charge on any atom is -0.507 e. The average Bonchev–Trinajstić information content (AvgIpc) is 3.48. The molecule has 2 heterocycles. The molecule has 1 aliphatic rings. The summed E-state index contributed by atoms with van der Waals surface area (Å²) in [5.74, 6) is -0.428. The monoisotopic (exact) mass is 475 g/mol. The summed E-state index contributed by atoms with van der Waals surface area (Å²) in [6, 6.07) is 13.4. The smallest absolute Gasteiger partial charge is 0.295 e. The lowest BCUT2D eigenvalue weighted by Crippen LogP contribution is -2.31. The number of ketones is 1. The first kappa shape index (κ1) is 24.1. The molecule has 8 nitrogen and oxygen atoms in total. The number of aryl methyl sites for hydroxylation is 1. The van der Waals surface area contributed by atoms with E-state index < -0.39 is 17.7 Å². The van der Waals surface area contributed by atoms with E-state index in [0.29, 0.717) is 55.4 Å². The van der Waals surface area contributed by atoms with Gasteiger partial charge in [0, 0.05) is 31.0 Å². The summed E-state index contributed by atoms with van der Waals surface area (Å²) in [4.78, 5) is 31.9. The molecule has 0 aliphatic carbocycles. The molecule has 1 fully saturated rings. The predicted molar refractivity (Wildman–Crippen MR) is 131 cm³/mol. The maximum atomic E-state index is 13.2. The summed E-state index contributed by atoms with van der Waals surface area (Å²) in [6.45, 7) is 5.63. The van der Waals surface area contributed by atoms with Crippen LogP contribution in [0.1, 0.15) is 37.4 Å². The van der Waals surface area contributed by atoms with Crippen molar-refractivity contribution in [2.24, 2.45) is 0 Å². The van der Waals surface area contributed by atoms with Crippen LogP contribution in [0.2, 0.25) is 0 Å². The molecule has 8 heteroatoms. The Morgan fingerprint density at radius 1 is 1.00 bits per heavy atom. The van der Waals surface area contributed by atoms with Crippen LogP contribution >= 0.6 is 0 Å². The predicted octanol–water partition coefficient (Wildman–Crippen LogP) is 4.19. The third-order valence-corrected chi connectivity index (χ3v) is 5.84. The zero-order chi connectivity index (χ0) is 24.8. The molecule has 182 valence electrons. The molecule has 1 N–H and O–H groups in total. The highest BCUT2D eigenvalue weighted by atomic mass is 16.5. The highest BCUT2D eigenvalue weighted by Crippen LogP contribution is 2.42. The third kappa shape index (κ3) is 5.06. The van der Waals surface area contributed by atoms with Gasteiger partial charge in [-0.3, -0.25) is 9.59 Å². The van der Waals surface area contributed by atoms with E-state index in [-0.39, 0.29) is 11.3 Å². The molecule has 0 radical (unpaired) electrons. The highest BCUT2D eigenvalue weighted by molar-refractivity contribution is 6.46. The lowest BCUT2D eigenvalue weighted by Gasteiger charge is -2.26. The van der Waals surface area contributed by atoms with Crippen LogP contribution < -0.4 is 9.47 Å². The van der Waals surface area contributed by atoms with Gasteiger partial charge < -0.3 is 24.0 Å². The van der Waals surface area contributed by atoms with Crippen LogP contribution in [0.25, 0.3) is 5.76 Å². The molecule has 35 heavy (non-hydrogen) atoms. The van der Waals surface area contributed by atoms with Crippen molar-refractivity contribution >= 4 is 17.4 Å². The highest BCUT2D eigenvalue weighted by Gasteiger charge is 2.46. The largest absolute Gasteiger partial charge is 0.507 e. The second-order valence-electron chi connectivity index (χ2n) is 8.08. The van der Waals surface area contributed by atoms with Crippen LogP contribution in [0.5, 0.6) is 11.5 Å². The van der Waals surface area contributed by atoms with Gasteiger partial charge >= 0.3 is 0 Å². The van der Waals surface area contributed by atoms with Gasteiger partial charge in [0.2, 0.25) is 0 Å². The number of rotatable bonds is 10. The number of benzene rings is 2. The van der Waals surface area contributed by atoms with E-state index in [1.165, 1.54) is 4.90 Å². The van der Waals surface area contributed by atoms with Crippen LogP contribution in [-0.2, 0) is 16.1 Å². The maximum absolute atomic E-state index is 13.2. The summed E-state index contributed by atoms with van der Waals surface area (Å²) >= 11 is 0. The molecule has 1 amide bonds. The SMILES string of the molecule is CCOc1ccc(C2C(=C(O)c3ccccc3)C(=O)C(=O)N2CCCn2ccnc2)cc1OCC. The van der Waals surface area contributed by atoms with E-state index in [4.69, 9.17) is 9.47 Å². The number of aliphatic hydroxyl groups excluding tert-OH is 1. The van der Waals surface area contributed by atoms with Crippen molar-refractivity contribution in [3.05, 3.63) is 84.0 Å². The van der Waals surface area contributed by atoms with Crippen LogP contribution in [0.4, 0.5) is 0 Å². The number of carbonyl (C=O) groups excluding carboxylic acids is 2. The molecule has 3 aromatic rings. The lowest BCUT2D eigenvalue weighted by molar-refractivity contribution is -0.139. The van der Waals surface area contributed by atoms with Crippen molar-refractivity contribution in [2.45, 2.75) is 32.9 Å². The van der Waals surface area contributed by atoms with Crippen LogP contribution in [0.3, 0.4) is 0 Å². The average molecular weight is 476 g/mol. The van der Waals surface area contributed by atoms with Crippen molar-refractivity contribution in [3.63, 3.8) is 0 Å². The maximum Gasteiger partial charge on any atom is 0.295 e. The van der Waals surface area contributed by atoms with E-state index in [0.717, 1.165) is 0 Å². The number of hydrogen-bond acceptors (Lipinski definition) is 6. The summed E-state index contributed by atoms with van der Waals surface area (Å²) < 4.78 is 13.4. The first-order valence-electron chi connectivity index (χ1n) is 11.7. The number of likely N-dealkylation sites (tertiary alicyclic amines) is 1. The fourth-order valence-electron chi connectivity index (χ4n) is 4.29. The number of nitrogens with zero attached hydrogens (tertiary/aromatic N) is 3. The van der Waals surface area contributed by atoms with E-state index in [1.807, 2.05) is 36.7 Å². The Labute approximate surface area is 204 Å². The second kappa shape index (κ2) is 10.9. The number of aliphatic hydroxyl groups is 1. The van der Waals surface area contributed by atoms with Crippen LogP contribution in [0, 0.1) is 0 Å². The molecule has 1 aromatic heterocycles. The van der Waals surface area contributed by atoms with Crippen LogP contribution in [-0.4, -0.2) is 51.0 Å². The van der Waals surface area contributed by atoms with Crippen molar-refractivity contribution in [2.75, 3.05) is 19.8 Å². The van der Waals surface area contributed by atoms with Gasteiger partial charge in [0.25, 0.3) is 11.7 Å². The molecule has 1 atom stereocenters. The third-order valence-electron chi connectivity index (χ3n) is 5.84. The molecule has 1 saturated heterocycles. The quantitative estimate of drug-likeness (QED) is 0.268. The summed E-state index contributed by atoms with van der Waals surface area (Å²) in [6.07, 6.45) is 5.87. The Morgan fingerprint density at radius 2 is 1.74 bits per heavy atom. The fourth-order valence-corrected chi connectivity index (χ4v) is 4.29. The molecule has 0 bridgehead atoms. The lowest BCUT2D eigenvalue weighted by atomic mass is 9.95. The Balaban J connectivity index is 1.77.